The maximum atomic E-state index is 13.7. The summed E-state index contributed by atoms with van der Waals surface area (Å²) in [4.78, 5) is 24.3. The van der Waals surface area contributed by atoms with Gasteiger partial charge in [-0.05, 0) is 88.4 Å². The third-order valence-corrected chi connectivity index (χ3v) is 8.11. The van der Waals surface area contributed by atoms with Crippen LogP contribution in [0.4, 0.5) is 10.1 Å². The van der Waals surface area contributed by atoms with Crippen molar-refractivity contribution in [1.82, 2.24) is 0 Å². The highest BCUT2D eigenvalue weighted by Crippen LogP contribution is 2.46. The Balaban J connectivity index is 1.72. The van der Waals surface area contributed by atoms with E-state index in [0.717, 1.165) is 25.0 Å². The molecule has 0 amide bonds. The highest BCUT2D eigenvalue weighted by molar-refractivity contribution is 7.92. The van der Waals surface area contributed by atoms with E-state index in [1.54, 1.807) is 39.0 Å². The molecule has 36 heavy (non-hydrogen) atoms. The van der Waals surface area contributed by atoms with Gasteiger partial charge in [0.25, 0.3) is 10.0 Å². The molecule has 9 heteroatoms. The van der Waals surface area contributed by atoms with Gasteiger partial charge in [-0.15, -0.1) is 0 Å². The molecular formula is C27H32FNO6S. The van der Waals surface area contributed by atoms with Gasteiger partial charge in [-0.3, -0.25) is 9.10 Å². The summed E-state index contributed by atoms with van der Waals surface area (Å²) in [6.45, 7) is 6.87. The molecule has 2 aromatic carbocycles. The molecule has 2 aliphatic rings. The van der Waals surface area contributed by atoms with E-state index in [4.69, 9.17) is 9.47 Å². The Morgan fingerprint density at radius 3 is 2.39 bits per heavy atom. The zero-order valence-electron chi connectivity index (χ0n) is 21.0. The molecule has 7 nitrogen and oxygen atoms in total. The zero-order chi connectivity index (χ0) is 26.3. The number of anilines is 1. The molecule has 1 heterocycles. The summed E-state index contributed by atoms with van der Waals surface area (Å²) in [6.07, 6.45) is 1.72. The second-order valence-corrected chi connectivity index (χ2v) is 12.5. The summed E-state index contributed by atoms with van der Waals surface area (Å²) < 4.78 is 54.0. The minimum absolute atomic E-state index is 0.0110. The van der Waals surface area contributed by atoms with Crippen LogP contribution in [-0.2, 0) is 30.8 Å². The fourth-order valence-corrected chi connectivity index (χ4v) is 6.10. The van der Waals surface area contributed by atoms with Crippen molar-refractivity contribution in [3.05, 3.63) is 53.8 Å². The van der Waals surface area contributed by atoms with E-state index in [0.29, 0.717) is 29.3 Å². The van der Waals surface area contributed by atoms with E-state index < -0.39 is 33.5 Å². The molecule has 1 aliphatic heterocycles. The van der Waals surface area contributed by atoms with Gasteiger partial charge in [0.05, 0.1) is 23.5 Å². The van der Waals surface area contributed by atoms with E-state index in [1.807, 2.05) is 0 Å². The van der Waals surface area contributed by atoms with Crippen LogP contribution in [-0.4, -0.2) is 38.4 Å². The van der Waals surface area contributed by atoms with E-state index in [9.17, 15) is 22.4 Å². The van der Waals surface area contributed by atoms with E-state index >= 15 is 0 Å². The third-order valence-electron chi connectivity index (χ3n) is 6.31. The molecule has 0 aromatic heterocycles. The number of carbonyl (C=O) groups is 2. The number of nitrogens with zero attached hydrogens (tertiary/aromatic N) is 1. The molecule has 0 N–H and O–H groups in total. The quantitative estimate of drug-likeness (QED) is 0.473. The minimum atomic E-state index is -4.08. The lowest BCUT2D eigenvalue weighted by Gasteiger charge is -2.39. The van der Waals surface area contributed by atoms with Crippen molar-refractivity contribution < 1.29 is 31.9 Å². The smallest absolute Gasteiger partial charge is 0.310 e. The van der Waals surface area contributed by atoms with Crippen LogP contribution in [0.3, 0.4) is 0 Å². The third kappa shape index (κ3) is 6.06. The van der Waals surface area contributed by atoms with Crippen molar-refractivity contribution in [2.45, 2.75) is 70.0 Å². The number of hydrogen-bond donors (Lipinski definition) is 0. The first-order valence-electron chi connectivity index (χ1n) is 12.1. The molecule has 2 atom stereocenters. The van der Waals surface area contributed by atoms with Crippen LogP contribution >= 0.6 is 0 Å². The van der Waals surface area contributed by atoms with Crippen molar-refractivity contribution in [3.63, 3.8) is 0 Å². The number of carbonyl (C=O) groups excluding carboxylic acids is 2. The Morgan fingerprint density at radius 2 is 1.81 bits per heavy atom. The number of rotatable bonds is 8. The summed E-state index contributed by atoms with van der Waals surface area (Å²) in [5, 5.41) is 0. The van der Waals surface area contributed by atoms with E-state index in [1.165, 1.54) is 23.4 Å². The van der Waals surface area contributed by atoms with Gasteiger partial charge in [0, 0.05) is 12.3 Å². The first-order chi connectivity index (χ1) is 16.8. The summed E-state index contributed by atoms with van der Waals surface area (Å²) in [5.41, 5.74) is 0.231. The number of ketones is 1. The maximum Gasteiger partial charge on any atom is 0.310 e. The Kier molecular flexibility index (Phi) is 7.14. The molecule has 1 aliphatic carbocycles. The molecule has 0 saturated heterocycles. The van der Waals surface area contributed by atoms with Crippen molar-refractivity contribution in [2.24, 2.45) is 11.8 Å². The molecule has 0 bridgehead atoms. The van der Waals surface area contributed by atoms with Crippen molar-refractivity contribution in [3.8, 4) is 5.75 Å². The number of sulfonamides is 1. The lowest BCUT2D eigenvalue weighted by molar-refractivity contribution is -0.153. The molecule has 2 aromatic rings. The normalized spacial score (nSPS) is 18.7. The average Bonchev–Trinajstić information content (AvgIpc) is 3.61. The van der Waals surface area contributed by atoms with E-state index in [2.05, 4.69) is 0 Å². The van der Waals surface area contributed by atoms with Gasteiger partial charge < -0.3 is 14.3 Å². The summed E-state index contributed by atoms with van der Waals surface area (Å²) in [6, 6.07) is 9.66. The van der Waals surface area contributed by atoms with Crippen molar-refractivity contribution in [1.29, 1.82) is 0 Å². The van der Waals surface area contributed by atoms with Gasteiger partial charge in [0.1, 0.15) is 29.1 Å². The first-order valence-corrected chi connectivity index (χ1v) is 13.6. The molecule has 1 saturated carbocycles. The Labute approximate surface area is 211 Å². The monoisotopic (exact) mass is 517 g/mol. The summed E-state index contributed by atoms with van der Waals surface area (Å²) >= 11 is 0. The van der Waals surface area contributed by atoms with Crippen LogP contribution in [0.15, 0.2) is 47.4 Å². The fourth-order valence-electron chi connectivity index (χ4n) is 4.62. The molecule has 1 fully saturated rings. The van der Waals surface area contributed by atoms with Crippen LogP contribution in [0.2, 0.25) is 0 Å². The number of fused-ring (bicyclic) bond motifs is 1. The number of benzene rings is 2. The lowest BCUT2D eigenvalue weighted by Crippen LogP contribution is -2.47. The van der Waals surface area contributed by atoms with Crippen LogP contribution in [0.5, 0.6) is 5.75 Å². The zero-order valence-corrected chi connectivity index (χ0v) is 21.8. The summed E-state index contributed by atoms with van der Waals surface area (Å²) in [7, 11) is -4.08. The second-order valence-electron chi connectivity index (χ2n) is 10.6. The number of Topliss-reactive ketones (excluding diaryl/α,β-unsaturated/α-hetero) is 1. The predicted molar refractivity (Wildman–Crippen MR) is 133 cm³/mol. The minimum Gasteiger partial charge on any atom is -0.486 e. The molecular weight excluding hydrogens is 485 g/mol. The highest BCUT2D eigenvalue weighted by atomic mass is 32.2. The van der Waals surface area contributed by atoms with Crippen molar-refractivity contribution >= 4 is 27.5 Å². The van der Waals surface area contributed by atoms with Crippen molar-refractivity contribution in [2.75, 3.05) is 10.8 Å². The highest BCUT2D eigenvalue weighted by Gasteiger charge is 2.44. The second kappa shape index (κ2) is 9.84. The van der Waals surface area contributed by atoms with E-state index in [-0.39, 0.29) is 29.6 Å². The average molecular weight is 518 g/mol. The predicted octanol–water partition coefficient (Wildman–Crippen LogP) is 4.67. The largest absolute Gasteiger partial charge is 0.486 e. The van der Waals surface area contributed by atoms with Gasteiger partial charge in [0.15, 0.2) is 0 Å². The van der Waals surface area contributed by atoms with Gasteiger partial charge in [-0.2, -0.15) is 0 Å². The molecule has 194 valence electrons. The molecule has 0 spiro atoms. The molecule has 4 rings (SSSR count). The van der Waals surface area contributed by atoms with Gasteiger partial charge in [-0.25, -0.2) is 12.8 Å². The number of ether oxygens (including phenoxy) is 2. The molecule has 0 radical (unpaired) electrons. The first kappa shape index (κ1) is 26.1. The number of halogens is 1. The van der Waals surface area contributed by atoms with Gasteiger partial charge in [-0.1, -0.05) is 6.07 Å². The van der Waals surface area contributed by atoms with Gasteiger partial charge >= 0.3 is 5.97 Å². The maximum absolute atomic E-state index is 13.7. The van der Waals surface area contributed by atoms with Crippen LogP contribution in [0.25, 0.3) is 0 Å². The number of esters is 1. The summed E-state index contributed by atoms with van der Waals surface area (Å²) in [5.74, 6) is -0.379. The lowest BCUT2D eigenvalue weighted by atomic mass is 9.90. The number of hydrogen-bond acceptors (Lipinski definition) is 6. The Hall–Kier alpha value is -2.94. The Bertz CT molecular complexity index is 1250. The van der Waals surface area contributed by atoms with Crippen LogP contribution in [0.1, 0.15) is 52.5 Å². The standard InChI is InChI=1S/C27H32FNO6S/c1-17(30)13-22(19-6-7-19)25-16-29(36(32,33)21-10-8-20(28)9-11-21)23-14-18(5-12-24(23)34-25)15-26(31)35-27(2,3)4/h5,8-12,14,19,22,25H,6-7,13,15-16H2,1-4H3/t22-,25-/m1/s1. The topological polar surface area (TPSA) is 90.0 Å². The SMILES string of the molecule is CC(=O)C[C@H](C1CC1)[C@H]1CN(S(=O)(=O)c2ccc(F)cc2)c2cc(CC(=O)OC(C)(C)C)ccc2O1. The molecule has 0 unspecified atom stereocenters. The fraction of sp³-hybridized carbons (Fsp3) is 0.481. The van der Waals surface area contributed by atoms with Crippen LogP contribution < -0.4 is 9.04 Å². The van der Waals surface area contributed by atoms with Gasteiger partial charge in [0.2, 0.25) is 0 Å². The van der Waals surface area contributed by atoms with Crippen LogP contribution in [0, 0.1) is 17.7 Å². The Morgan fingerprint density at radius 1 is 1.14 bits per heavy atom.